The van der Waals surface area contributed by atoms with Crippen molar-refractivity contribution in [1.82, 2.24) is 0 Å². The van der Waals surface area contributed by atoms with E-state index in [1.165, 1.54) is 7.11 Å². The third kappa shape index (κ3) is 3.58. The van der Waals surface area contributed by atoms with Gasteiger partial charge in [0.05, 0.1) is 19.5 Å². The standard InChI is InChI=1S/C15H17FO3/c1-18-14-6-2-4-11(15(14)16)10-12(17)7-8-13-5-3-9-19-13/h2-6,9,12,17H,7-8,10H2,1H3. The predicted octanol–water partition coefficient (Wildman–Crippen LogP) is 2.96. The van der Waals surface area contributed by atoms with Crippen molar-refractivity contribution in [2.45, 2.75) is 25.4 Å². The van der Waals surface area contributed by atoms with Gasteiger partial charge in [-0.05, 0) is 30.2 Å². The minimum atomic E-state index is -0.605. The Morgan fingerprint density at radius 1 is 1.32 bits per heavy atom. The lowest BCUT2D eigenvalue weighted by molar-refractivity contribution is 0.161. The quantitative estimate of drug-likeness (QED) is 0.872. The molecule has 1 aromatic heterocycles. The molecule has 1 atom stereocenters. The van der Waals surface area contributed by atoms with Gasteiger partial charge >= 0.3 is 0 Å². The number of hydrogen-bond acceptors (Lipinski definition) is 3. The van der Waals surface area contributed by atoms with Crippen molar-refractivity contribution in [3.8, 4) is 5.75 Å². The van der Waals surface area contributed by atoms with E-state index < -0.39 is 11.9 Å². The number of hydrogen-bond donors (Lipinski definition) is 1. The largest absolute Gasteiger partial charge is 0.494 e. The molecular formula is C15H17FO3. The lowest BCUT2D eigenvalue weighted by Gasteiger charge is -2.12. The number of ether oxygens (including phenoxy) is 1. The molecule has 19 heavy (non-hydrogen) atoms. The van der Waals surface area contributed by atoms with Gasteiger partial charge in [-0.1, -0.05) is 12.1 Å². The molecule has 1 heterocycles. The first-order valence-corrected chi connectivity index (χ1v) is 6.22. The number of halogens is 1. The fraction of sp³-hybridized carbons (Fsp3) is 0.333. The fourth-order valence-corrected chi connectivity index (χ4v) is 1.99. The van der Waals surface area contributed by atoms with Gasteiger partial charge in [0, 0.05) is 12.8 Å². The van der Waals surface area contributed by atoms with Crippen molar-refractivity contribution >= 4 is 0 Å². The zero-order valence-electron chi connectivity index (χ0n) is 10.8. The summed E-state index contributed by atoms with van der Waals surface area (Å²) in [4.78, 5) is 0. The topological polar surface area (TPSA) is 42.6 Å². The first-order chi connectivity index (χ1) is 9.20. The molecule has 0 aliphatic rings. The molecule has 0 aliphatic carbocycles. The lowest BCUT2D eigenvalue weighted by atomic mass is 10.0. The van der Waals surface area contributed by atoms with Crippen LogP contribution in [0.15, 0.2) is 41.0 Å². The molecule has 102 valence electrons. The maximum Gasteiger partial charge on any atom is 0.168 e. The van der Waals surface area contributed by atoms with Crippen molar-refractivity contribution in [2.75, 3.05) is 7.11 Å². The summed E-state index contributed by atoms with van der Waals surface area (Å²) in [6.45, 7) is 0. The Morgan fingerprint density at radius 3 is 2.84 bits per heavy atom. The van der Waals surface area contributed by atoms with E-state index in [9.17, 15) is 9.50 Å². The number of benzene rings is 1. The van der Waals surface area contributed by atoms with Gasteiger partial charge in [0.15, 0.2) is 11.6 Å². The first kappa shape index (κ1) is 13.6. The van der Waals surface area contributed by atoms with Crippen molar-refractivity contribution < 1.29 is 18.7 Å². The number of furan rings is 1. The minimum Gasteiger partial charge on any atom is -0.494 e. The van der Waals surface area contributed by atoms with Gasteiger partial charge in [0.1, 0.15) is 5.76 Å². The van der Waals surface area contributed by atoms with Crippen LogP contribution in [0.4, 0.5) is 4.39 Å². The van der Waals surface area contributed by atoms with Gasteiger partial charge in [-0.25, -0.2) is 4.39 Å². The fourth-order valence-electron chi connectivity index (χ4n) is 1.99. The van der Waals surface area contributed by atoms with Crippen molar-refractivity contribution in [3.05, 3.63) is 53.7 Å². The number of aryl methyl sites for hydroxylation is 1. The highest BCUT2D eigenvalue weighted by Crippen LogP contribution is 2.21. The van der Waals surface area contributed by atoms with Crippen LogP contribution < -0.4 is 4.74 Å². The molecule has 0 amide bonds. The van der Waals surface area contributed by atoms with Crippen LogP contribution in [0.1, 0.15) is 17.7 Å². The normalized spacial score (nSPS) is 12.4. The molecule has 0 radical (unpaired) electrons. The van der Waals surface area contributed by atoms with Gasteiger partial charge < -0.3 is 14.3 Å². The third-order valence-electron chi connectivity index (χ3n) is 3.02. The average molecular weight is 264 g/mol. The highest BCUT2D eigenvalue weighted by molar-refractivity contribution is 5.31. The molecule has 4 heteroatoms. The summed E-state index contributed by atoms with van der Waals surface area (Å²) < 4.78 is 24.0. The van der Waals surface area contributed by atoms with Crippen LogP contribution in [0.25, 0.3) is 0 Å². The van der Waals surface area contributed by atoms with Crippen LogP contribution in [-0.2, 0) is 12.8 Å². The first-order valence-electron chi connectivity index (χ1n) is 6.22. The molecule has 1 N–H and O–H groups in total. The van der Waals surface area contributed by atoms with Gasteiger partial charge in [0.25, 0.3) is 0 Å². The van der Waals surface area contributed by atoms with Gasteiger partial charge in [0.2, 0.25) is 0 Å². The van der Waals surface area contributed by atoms with E-state index in [1.807, 2.05) is 12.1 Å². The zero-order chi connectivity index (χ0) is 13.7. The van der Waals surface area contributed by atoms with Crippen LogP contribution in [0.3, 0.4) is 0 Å². The van der Waals surface area contributed by atoms with E-state index in [4.69, 9.17) is 9.15 Å². The predicted molar refractivity (Wildman–Crippen MR) is 69.7 cm³/mol. The van der Waals surface area contributed by atoms with Crippen LogP contribution in [0.5, 0.6) is 5.75 Å². The summed E-state index contributed by atoms with van der Waals surface area (Å²) in [7, 11) is 1.43. The Morgan fingerprint density at radius 2 is 2.16 bits per heavy atom. The van der Waals surface area contributed by atoms with E-state index in [1.54, 1.807) is 24.5 Å². The molecular weight excluding hydrogens is 247 g/mol. The van der Waals surface area contributed by atoms with Crippen LogP contribution >= 0.6 is 0 Å². The Bertz CT molecular complexity index is 508. The van der Waals surface area contributed by atoms with E-state index >= 15 is 0 Å². The zero-order valence-corrected chi connectivity index (χ0v) is 10.8. The molecule has 0 bridgehead atoms. The lowest BCUT2D eigenvalue weighted by Crippen LogP contribution is -2.13. The second-order valence-corrected chi connectivity index (χ2v) is 4.41. The molecule has 1 aromatic carbocycles. The van der Waals surface area contributed by atoms with Crippen LogP contribution in [0, 0.1) is 5.82 Å². The van der Waals surface area contributed by atoms with Crippen molar-refractivity contribution in [2.24, 2.45) is 0 Å². The Kier molecular flexibility index (Phi) is 4.58. The van der Waals surface area contributed by atoms with Crippen molar-refractivity contribution in [1.29, 1.82) is 0 Å². The van der Waals surface area contributed by atoms with Gasteiger partial charge in [-0.2, -0.15) is 0 Å². The number of rotatable bonds is 6. The van der Waals surface area contributed by atoms with Gasteiger partial charge in [-0.3, -0.25) is 0 Å². The second kappa shape index (κ2) is 6.38. The number of aliphatic hydroxyl groups is 1. The maximum atomic E-state index is 13.9. The Hall–Kier alpha value is -1.81. The molecule has 0 aliphatic heterocycles. The second-order valence-electron chi connectivity index (χ2n) is 4.41. The van der Waals surface area contributed by atoms with E-state index in [0.717, 1.165) is 5.76 Å². The summed E-state index contributed by atoms with van der Waals surface area (Å²) >= 11 is 0. The minimum absolute atomic E-state index is 0.204. The smallest absolute Gasteiger partial charge is 0.168 e. The third-order valence-corrected chi connectivity index (χ3v) is 3.02. The number of methoxy groups -OCH3 is 1. The summed E-state index contributed by atoms with van der Waals surface area (Å²) in [6, 6.07) is 8.61. The van der Waals surface area contributed by atoms with E-state index in [0.29, 0.717) is 18.4 Å². The highest BCUT2D eigenvalue weighted by Gasteiger charge is 2.13. The van der Waals surface area contributed by atoms with E-state index in [2.05, 4.69) is 0 Å². The molecule has 1 unspecified atom stereocenters. The monoisotopic (exact) mass is 264 g/mol. The Balaban J connectivity index is 1.93. The average Bonchev–Trinajstić information content (AvgIpc) is 2.92. The highest BCUT2D eigenvalue weighted by atomic mass is 19.1. The van der Waals surface area contributed by atoms with Gasteiger partial charge in [-0.15, -0.1) is 0 Å². The SMILES string of the molecule is COc1cccc(CC(O)CCc2ccco2)c1F. The molecule has 0 fully saturated rings. The van der Waals surface area contributed by atoms with E-state index in [-0.39, 0.29) is 12.2 Å². The molecule has 0 saturated heterocycles. The molecule has 0 spiro atoms. The summed E-state index contributed by atoms with van der Waals surface area (Å²) in [5.74, 6) is 0.628. The molecule has 3 nitrogen and oxygen atoms in total. The van der Waals surface area contributed by atoms with Crippen molar-refractivity contribution in [3.63, 3.8) is 0 Å². The summed E-state index contributed by atoms with van der Waals surface area (Å²) in [6.07, 6.45) is 2.43. The molecule has 2 rings (SSSR count). The van der Waals surface area contributed by atoms with Crippen LogP contribution in [0.2, 0.25) is 0 Å². The summed E-state index contributed by atoms with van der Waals surface area (Å²) in [5.41, 5.74) is 0.464. The van der Waals surface area contributed by atoms with Crippen LogP contribution in [-0.4, -0.2) is 18.3 Å². The Labute approximate surface area is 111 Å². The maximum absolute atomic E-state index is 13.9. The molecule has 2 aromatic rings. The summed E-state index contributed by atoms with van der Waals surface area (Å²) in [5, 5.41) is 9.94. The number of aliphatic hydroxyl groups excluding tert-OH is 1. The molecule has 0 saturated carbocycles.